The van der Waals surface area contributed by atoms with E-state index in [9.17, 15) is 0 Å². The number of rotatable bonds is 10. The predicted molar refractivity (Wildman–Crippen MR) is 131 cm³/mol. The van der Waals surface area contributed by atoms with Gasteiger partial charge in [0.2, 0.25) is 0 Å². The summed E-state index contributed by atoms with van der Waals surface area (Å²) in [6, 6.07) is 19.3. The van der Waals surface area contributed by atoms with E-state index in [0.29, 0.717) is 25.2 Å². The first-order chi connectivity index (χ1) is 15.7. The zero-order valence-corrected chi connectivity index (χ0v) is 19.7. The van der Waals surface area contributed by atoms with E-state index in [0.717, 1.165) is 45.4 Å². The molecule has 6 heteroatoms. The van der Waals surface area contributed by atoms with Gasteiger partial charge in [-0.3, -0.25) is 9.89 Å². The van der Waals surface area contributed by atoms with Crippen LogP contribution in [0.1, 0.15) is 30.5 Å². The summed E-state index contributed by atoms with van der Waals surface area (Å²) < 4.78 is 11.3. The van der Waals surface area contributed by atoms with E-state index >= 15 is 0 Å². The number of ether oxygens (including phenoxy) is 2. The lowest BCUT2D eigenvalue weighted by Crippen LogP contribution is -2.52. The van der Waals surface area contributed by atoms with Gasteiger partial charge in [0.1, 0.15) is 0 Å². The third-order valence-electron chi connectivity index (χ3n) is 5.85. The quantitative estimate of drug-likeness (QED) is 0.440. The Morgan fingerprint density at radius 3 is 2.19 bits per heavy atom. The molecule has 32 heavy (non-hydrogen) atoms. The van der Waals surface area contributed by atoms with Crippen LogP contribution in [-0.2, 0) is 29.2 Å². The average molecular weight is 439 g/mol. The second-order valence-electron chi connectivity index (χ2n) is 8.56. The largest absolute Gasteiger partial charge is 0.379 e. The topological polar surface area (TPSA) is 58.1 Å². The zero-order chi connectivity index (χ0) is 22.6. The molecule has 0 aliphatic carbocycles. The highest BCUT2D eigenvalue weighted by molar-refractivity contribution is 5.79. The van der Waals surface area contributed by atoms with E-state index < -0.39 is 0 Å². The SMILES string of the molecule is CN=C(NCc1ccc(COCc2ccccc2)cc1)NCC(C(C)C)N1CCOCC1. The normalized spacial score (nSPS) is 16.2. The van der Waals surface area contributed by atoms with Gasteiger partial charge in [0, 0.05) is 39.3 Å². The lowest BCUT2D eigenvalue weighted by atomic mass is 10.0. The highest BCUT2D eigenvalue weighted by Crippen LogP contribution is 2.12. The summed E-state index contributed by atoms with van der Waals surface area (Å²) in [5.41, 5.74) is 3.59. The average Bonchev–Trinajstić information content (AvgIpc) is 2.83. The molecule has 3 rings (SSSR count). The molecular formula is C26H38N4O2. The first-order valence-electron chi connectivity index (χ1n) is 11.6. The molecular weight excluding hydrogens is 400 g/mol. The van der Waals surface area contributed by atoms with Crippen LogP contribution < -0.4 is 10.6 Å². The molecule has 0 bridgehead atoms. The summed E-state index contributed by atoms with van der Waals surface area (Å²) >= 11 is 0. The van der Waals surface area contributed by atoms with Crippen LogP contribution in [0.5, 0.6) is 0 Å². The van der Waals surface area contributed by atoms with Gasteiger partial charge in [-0.1, -0.05) is 68.4 Å². The molecule has 174 valence electrons. The van der Waals surface area contributed by atoms with E-state index in [-0.39, 0.29) is 0 Å². The highest BCUT2D eigenvalue weighted by atomic mass is 16.5. The first kappa shape index (κ1) is 24.2. The van der Waals surface area contributed by atoms with Gasteiger partial charge in [0.15, 0.2) is 5.96 Å². The van der Waals surface area contributed by atoms with Gasteiger partial charge in [0.05, 0.1) is 26.4 Å². The fourth-order valence-electron chi connectivity index (χ4n) is 3.92. The Hall–Kier alpha value is -2.41. The van der Waals surface area contributed by atoms with Crippen LogP contribution in [0, 0.1) is 5.92 Å². The fraction of sp³-hybridized carbons (Fsp3) is 0.500. The molecule has 1 aliphatic heterocycles. The number of morpholine rings is 1. The Labute approximate surface area is 193 Å². The maximum Gasteiger partial charge on any atom is 0.191 e. The predicted octanol–water partition coefficient (Wildman–Crippen LogP) is 3.43. The van der Waals surface area contributed by atoms with Crippen molar-refractivity contribution < 1.29 is 9.47 Å². The van der Waals surface area contributed by atoms with Crippen LogP contribution in [0.2, 0.25) is 0 Å². The monoisotopic (exact) mass is 438 g/mol. The van der Waals surface area contributed by atoms with Crippen molar-refractivity contribution >= 4 is 5.96 Å². The van der Waals surface area contributed by atoms with Crippen LogP contribution in [0.3, 0.4) is 0 Å². The molecule has 1 atom stereocenters. The van der Waals surface area contributed by atoms with Gasteiger partial charge >= 0.3 is 0 Å². The fourth-order valence-corrected chi connectivity index (χ4v) is 3.92. The Bertz CT molecular complexity index is 802. The van der Waals surface area contributed by atoms with Gasteiger partial charge in [-0.2, -0.15) is 0 Å². The van der Waals surface area contributed by atoms with Crippen molar-refractivity contribution in [2.75, 3.05) is 39.9 Å². The summed E-state index contributed by atoms with van der Waals surface area (Å²) in [6.07, 6.45) is 0. The van der Waals surface area contributed by atoms with Gasteiger partial charge in [-0.25, -0.2) is 0 Å². The summed E-state index contributed by atoms with van der Waals surface area (Å²) in [4.78, 5) is 6.92. The second-order valence-corrected chi connectivity index (χ2v) is 8.56. The lowest BCUT2D eigenvalue weighted by Gasteiger charge is -2.37. The Morgan fingerprint density at radius 1 is 0.938 bits per heavy atom. The van der Waals surface area contributed by atoms with Gasteiger partial charge in [-0.15, -0.1) is 0 Å². The minimum absolute atomic E-state index is 0.465. The molecule has 1 heterocycles. The summed E-state index contributed by atoms with van der Waals surface area (Å²) in [7, 11) is 1.82. The van der Waals surface area contributed by atoms with E-state index in [1.807, 2.05) is 25.2 Å². The molecule has 2 N–H and O–H groups in total. The van der Waals surface area contributed by atoms with Gasteiger partial charge in [-0.05, 0) is 22.6 Å². The first-order valence-corrected chi connectivity index (χ1v) is 11.6. The summed E-state index contributed by atoms with van der Waals surface area (Å²) in [5.74, 6) is 1.40. The summed E-state index contributed by atoms with van der Waals surface area (Å²) in [5, 5.41) is 6.94. The maximum absolute atomic E-state index is 5.83. The van der Waals surface area contributed by atoms with Crippen molar-refractivity contribution in [3.05, 3.63) is 71.3 Å². The van der Waals surface area contributed by atoms with E-state index in [1.54, 1.807) is 0 Å². The number of nitrogens with one attached hydrogen (secondary N) is 2. The van der Waals surface area contributed by atoms with Crippen molar-refractivity contribution in [3.8, 4) is 0 Å². The number of benzene rings is 2. The Morgan fingerprint density at radius 2 is 1.56 bits per heavy atom. The Balaban J connectivity index is 1.41. The Kier molecular flexibility index (Phi) is 10.0. The molecule has 0 amide bonds. The smallest absolute Gasteiger partial charge is 0.191 e. The van der Waals surface area contributed by atoms with Crippen LogP contribution in [0.25, 0.3) is 0 Å². The lowest BCUT2D eigenvalue weighted by molar-refractivity contribution is 0.00752. The third kappa shape index (κ3) is 7.93. The highest BCUT2D eigenvalue weighted by Gasteiger charge is 2.23. The molecule has 0 saturated carbocycles. The van der Waals surface area contributed by atoms with Crippen molar-refractivity contribution in [2.24, 2.45) is 10.9 Å². The number of hydrogen-bond acceptors (Lipinski definition) is 4. The second kappa shape index (κ2) is 13.2. The van der Waals surface area contributed by atoms with Crippen molar-refractivity contribution in [3.63, 3.8) is 0 Å². The molecule has 6 nitrogen and oxygen atoms in total. The van der Waals surface area contributed by atoms with E-state index in [1.165, 1.54) is 16.7 Å². The molecule has 1 fully saturated rings. The minimum atomic E-state index is 0.465. The standard InChI is InChI=1S/C26H38N4O2/c1-21(2)25(30-13-15-31-16-14-30)18-29-26(27-3)28-17-22-9-11-24(12-10-22)20-32-19-23-7-5-4-6-8-23/h4-12,21,25H,13-20H2,1-3H3,(H2,27,28,29). The minimum Gasteiger partial charge on any atom is -0.379 e. The number of nitrogens with zero attached hydrogens (tertiary/aromatic N) is 2. The molecule has 0 radical (unpaired) electrons. The van der Waals surface area contributed by atoms with Crippen LogP contribution in [0.4, 0.5) is 0 Å². The van der Waals surface area contributed by atoms with Crippen molar-refractivity contribution in [1.29, 1.82) is 0 Å². The number of hydrogen-bond donors (Lipinski definition) is 2. The van der Waals surface area contributed by atoms with Crippen LogP contribution >= 0.6 is 0 Å². The molecule has 2 aromatic carbocycles. The number of aliphatic imine (C=N–C) groups is 1. The summed E-state index contributed by atoms with van der Waals surface area (Å²) in [6.45, 7) is 11.1. The van der Waals surface area contributed by atoms with E-state index in [4.69, 9.17) is 9.47 Å². The van der Waals surface area contributed by atoms with Gasteiger partial charge < -0.3 is 20.1 Å². The molecule has 0 spiro atoms. The maximum atomic E-state index is 5.83. The third-order valence-corrected chi connectivity index (χ3v) is 5.85. The van der Waals surface area contributed by atoms with Gasteiger partial charge in [0.25, 0.3) is 0 Å². The molecule has 1 saturated heterocycles. The number of guanidine groups is 1. The molecule has 1 unspecified atom stereocenters. The van der Waals surface area contributed by atoms with Crippen LogP contribution in [0.15, 0.2) is 59.6 Å². The molecule has 1 aliphatic rings. The molecule has 0 aromatic heterocycles. The van der Waals surface area contributed by atoms with Crippen LogP contribution in [-0.4, -0.2) is 56.8 Å². The van der Waals surface area contributed by atoms with E-state index in [2.05, 4.69) is 70.8 Å². The van der Waals surface area contributed by atoms with Crippen molar-refractivity contribution in [1.82, 2.24) is 15.5 Å². The van der Waals surface area contributed by atoms with Crippen molar-refractivity contribution in [2.45, 2.75) is 39.6 Å². The molecule has 2 aromatic rings. The zero-order valence-electron chi connectivity index (χ0n) is 19.7.